The van der Waals surface area contributed by atoms with Crippen LogP contribution in [0.15, 0.2) is 47.4 Å². The highest BCUT2D eigenvalue weighted by Crippen LogP contribution is 2.19. The number of rotatable bonds is 6. The van der Waals surface area contributed by atoms with Crippen molar-refractivity contribution < 1.29 is 17.6 Å². The quantitative estimate of drug-likeness (QED) is 0.813. The summed E-state index contributed by atoms with van der Waals surface area (Å²) in [6.45, 7) is 1.88. The van der Waals surface area contributed by atoms with Crippen LogP contribution in [0.4, 0.5) is 4.39 Å². The lowest BCUT2D eigenvalue weighted by atomic mass is 10.1. The van der Waals surface area contributed by atoms with Crippen molar-refractivity contribution >= 4 is 27.5 Å². The van der Waals surface area contributed by atoms with Crippen molar-refractivity contribution in [1.82, 2.24) is 9.62 Å². The van der Waals surface area contributed by atoms with Gasteiger partial charge in [0.1, 0.15) is 10.7 Å². The summed E-state index contributed by atoms with van der Waals surface area (Å²) in [6, 6.07) is 10.5. The number of likely N-dealkylation sites (N-methyl/N-ethyl adjacent to an activating group) is 1. The van der Waals surface area contributed by atoms with E-state index < -0.39 is 20.7 Å². The van der Waals surface area contributed by atoms with Gasteiger partial charge in [-0.1, -0.05) is 23.7 Å². The largest absolute Gasteiger partial charge is 0.339 e. The van der Waals surface area contributed by atoms with E-state index in [1.807, 2.05) is 19.1 Å². The fourth-order valence-corrected chi connectivity index (χ4v) is 3.41. The number of halogens is 2. The summed E-state index contributed by atoms with van der Waals surface area (Å²) in [5, 5.41) is 0.635. The molecule has 0 saturated heterocycles. The van der Waals surface area contributed by atoms with Gasteiger partial charge in [0.05, 0.1) is 0 Å². The summed E-state index contributed by atoms with van der Waals surface area (Å²) in [4.78, 5) is 13.6. The van der Waals surface area contributed by atoms with Crippen molar-refractivity contribution in [3.05, 3.63) is 64.4 Å². The third-order valence-corrected chi connectivity index (χ3v) is 5.84. The van der Waals surface area contributed by atoms with E-state index in [4.69, 9.17) is 11.6 Å². The highest BCUT2D eigenvalue weighted by Gasteiger charge is 2.23. The first-order chi connectivity index (χ1) is 12.2. The molecule has 0 bridgehead atoms. The Bertz CT molecular complexity index is 901. The number of carbonyl (C=O) groups is 1. The van der Waals surface area contributed by atoms with Crippen LogP contribution >= 0.6 is 11.6 Å². The van der Waals surface area contributed by atoms with E-state index in [-0.39, 0.29) is 17.5 Å². The fourth-order valence-electron chi connectivity index (χ4n) is 2.45. The molecule has 0 radical (unpaired) electrons. The lowest BCUT2D eigenvalue weighted by molar-refractivity contribution is 0.0743. The van der Waals surface area contributed by atoms with Crippen LogP contribution in [0.1, 0.15) is 22.8 Å². The van der Waals surface area contributed by atoms with Crippen molar-refractivity contribution in [2.24, 2.45) is 0 Å². The van der Waals surface area contributed by atoms with Gasteiger partial charge in [0.2, 0.25) is 10.0 Å². The number of nitrogens with zero attached hydrogens (tertiary/aromatic N) is 1. The zero-order valence-corrected chi connectivity index (χ0v) is 16.2. The molecule has 0 aliphatic rings. The molecule has 8 heteroatoms. The predicted octanol–water partition coefficient (Wildman–Crippen LogP) is 3.09. The third kappa shape index (κ3) is 4.60. The van der Waals surface area contributed by atoms with E-state index in [2.05, 4.69) is 4.72 Å². The number of amides is 1. The Hall–Kier alpha value is -1.96. The van der Waals surface area contributed by atoms with Gasteiger partial charge in [0.15, 0.2) is 0 Å². The Balaban J connectivity index is 2.22. The number of carbonyl (C=O) groups excluding carboxylic acids is 1. The molecule has 0 heterocycles. The zero-order valence-electron chi connectivity index (χ0n) is 14.7. The van der Waals surface area contributed by atoms with Gasteiger partial charge in [0, 0.05) is 23.7 Å². The standard InChI is InChI=1S/C18H20ClFN2O3S/c1-12(10-13-4-7-15(19)8-5-13)22(3)18(23)14-6-9-16(20)17(11-14)26(24,25)21-2/h4-9,11-12,21H,10H2,1-3H3. The molecule has 0 aliphatic carbocycles. The van der Waals surface area contributed by atoms with Crippen LogP contribution < -0.4 is 4.72 Å². The van der Waals surface area contributed by atoms with Crippen LogP contribution in [0.5, 0.6) is 0 Å². The van der Waals surface area contributed by atoms with E-state index in [9.17, 15) is 17.6 Å². The van der Waals surface area contributed by atoms with Crippen molar-refractivity contribution in [3.63, 3.8) is 0 Å². The second kappa shape index (κ2) is 8.16. The van der Waals surface area contributed by atoms with E-state index in [0.717, 1.165) is 17.7 Å². The second-order valence-corrected chi connectivity index (χ2v) is 8.24. The van der Waals surface area contributed by atoms with Gasteiger partial charge in [-0.15, -0.1) is 0 Å². The molecule has 140 valence electrons. The van der Waals surface area contributed by atoms with Crippen molar-refractivity contribution in [2.45, 2.75) is 24.3 Å². The Morgan fingerprint density at radius 3 is 2.42 bits per heavy atom. The molecule has 1 N–H and O–H groups in total. The van der Waals surface area contributed by atoms with Gasteiger partial charge in [-0.05, 0) is 56.3 Å². The lowest BCUT2D eigenvalue weighted by Gasteiger charge is -2.25. The first-order valence-electron chi connectivity index (χ1n) is 7.90. The number of sulfonamides is 1. The average Bonchev–Trinajstić information content (AvgIpc) is 2.62. The molecule has 26 heavy (non-hydrogen) atoms. The first kappa shape index (κ1) is 20.4. The maximum absolute atomic E-state index is 13.8. The van der Waals surface area contributed by atoms with Crippen LogP contribution in [-0.2, 0) is 16.4 Å². The smallest absolute Gasteiger partial charge is 0.253 e. The van der Waals surface area contributed by atoms with Gasteiger partial charge < -0.3 is 4.90 Å². The molecule has 5 nitrogen and oxygen atoms in total. The number of hydrogen-bond acceptors (Lipinski definition) is 3. The Labute approximate surface area is 157 Å². The van der Waals surface area contributed by atoms with Gasteiger partial charge in [-0.2, -0.15) is 0 Å². The number of hydrogen-bond donors (Lipinski definition) is 1. The maximum Gasteiger partial charge on any atom is 0.253 e. The van der Waals surface area contributed by atoms with E-state index in [1.54, 1.807) is 19.2 Å². The predicted molar refractivity (Wildman–Crippen MR) is 99.4 cm³/mol. The topological polar surface area (TPSA) is 66.5 Å². The Morgan fingerprint density at radius 2 is 1.85 bits per heavy atom. The molecule has 0 aliphatic heterocycles. The maximum atomic E-state index is 13.8. The molecule has 2 rings (SSSR count). The zero-order chi connectivity index (χ0) is 19.5. The summed E-state index contributed by atoms with van der Waals surface area (Å²) >= 11 is 5.87. The first-order valence-corrected chi connectivity index (χ1v) is 9.76. The van der Waals surface area contributed by atoms with Gasteiger partial charge in [-0.25, -0.2) is 17.5 Å². The minimum absolute atomic E-state index is 0.102. The van der Waals surface area contributed by atoms with Crippen LogP contribution in [-0.4, -0.2) is 39.4 Å². The average molecular weight is 399 g/mol. The minimum atomic E-state index is -3.99. The van der Waals surface area contributed by atoms with Gasteiger partial charge >= 0.3 is 0 Å². The van der Waals surface area contributed by atoms with E-state index in [1.165, 1.54) is 18.0 Å². The Kier molecular flexibility index (Phi) is 6.39. The second-order valence-electron chi connectivity index (χ2n) is 5.95. The summed E-state index contributed by atoms with van der Waals surface area (Å²) in [5.74, 6) is -1.30. The van der Waals surface area contributed by atoms with Crippen LogP contribution in [0.25, 0.3) is 0 Å². The molecule has 1 unspecified atom stereocenters. The molecule has 0 aromatic heterocycles. The fraction of sp³-hybridized carbons (Fsp3) is 0.278. The van der Waals surface area contributed by atoms with Crippen LogP contribution in [0, 0.1) is 5.82 Å². The highest BCUT2D eigenvalue weighted by atomic mass is 35.5. The summed E-state index contributed by atoms with van der Waals surface area (Å²) in [5.41, 5.74) is 1.12. The summed E-state index contributed by atoms with van der Waals surface area (Å²) < 4.78 is 39.7. The van der Waals surface area contributed by atoms with Crippen LogP contribution in [0.3, 0.4) is 0 Å². The lowest BCUT2D eigenvalue weighted by Crippen LogP contribution is -2.36. The molecule has 0 fully saturated rings. The van der Waals surface area contributed by atoms with Crippen molar-refractivity contribution in [3.8, 4) is 0 Å². The van der Waals surface area contributed by atoms with E-state index in [0.29, 0.717) is 11.4 Å². The summed E-state index contributed by atoms with van der Waals surface area (Å²) in [6.07, 6.45) is 0.599. The molecule has 2 aromatic carbocycles. The highest BCUT2D eigenvalue weighted by molar-refractivity contribution is 7.89. The summed E-state index contributed by atoms with van der Waals surface area (Å²) in [7, 11) is -1.18. The van der Waals surface area contributed by atoms with Crippen molar-refractivity contribution in [1.29, 1.82) is 0 Å². The molecule has 2 aromatic rings. The third-order valence-electron chi connectivity index (χ3n) is 4.16. The van der Waals surface area contributed by atoms with Gasteiger partial charge in [-0.3, -0.25) is 4.79 Å². The minimum Gasteiger partial charge on any atom is -0.339 e. The van der Waals surface area contributed by atoms with Gasteiger partial charge in [0.25, 0.3) is 5.91 Å². The molecule has 1 amide bonds. The molecule has 0 spiro atoms. The molecule has 0 saturated carbocycles. The Morgan fingerprint density at radius 1 is 1.23 bits per heavy atom. The van der Waals surface area contributed by atoms with Crippen molar-refractivity contribution in [2.75, 3.05) is 14.1 Å². The monoisotopic (exact) mass is 398 g/mol. The molecular weight excluding hydrogens is 379 g/mol. The SMILES string of the molecule is CNS(=O)(=O)c1cc(C(=O)N(C)C(C)Cc2ccc(Cl)cc2)ccc1F. The normalized spacial score (nSPS) is 12.7. The van der Waals surface area contributed by atoms with Crippen LogP contribution in [0.2, 0.25) is 5.02 Å². The molecule has 1 atom stereocenters. The number of benzene rings is 2. The molecular formula is C18H20ClFN2O3S. The van der Waals surface area contributed by atoms with E-state index >= 15 is 0 Å². The number of nitrogens with one attached hydrogen (secondary N) is 1.